The molecule has 140 valence electrons. The van der Waals surface area contributed by atoms with Crippen LogP contribution in [0.15, 0.2) is 42.6 Å². The van der Waals surface area contributed by atoms with E-state index in [2.05, 4.69) is 39.2 Å². The van der Waals surface area contributed by atoms with Gasteiger partial charge in [0.15, 0.2) is 5.82 Å². The molecule has 3 aromatic rings. The Bertz CT molecular complexity index is 949. The van der Waals surface area contributed by atoms with Crippen molar-refractivity contribution in [1.29, 1.82) is 0 Å². The Morgan fingerprint density at radius 3 is 2.63 bits per heavy atom. The zero-order valence-electron chi connectivity index (χ0n) is 15.0. The van der Waals surface area contributed by atoms with Crippen molar-refractivity contribution in [2.45, 2.75) is 6.54 Å². The summed E-state index contributed by atoms with van der Waals surface area (Å²) in [6, 6.07) is 12.0. The Morgan fingerprint density at radius 2 is 1.93 bits per heavy atom. The third-order valence-electron chi connectivity index (χ3n) is 4.64. The smallest absolute Gasteiger partial charge is 0.368 e. The van der Waals surface area contributed by atoms with E-state index in [1.165, 1.54) is 16.4 Å². The number of nitrogens with zero attached hydrogens (tertiary/aromatic N) is 6. The van der Waals surface area contributed by atoms with E-state index in [4.69, 9.17) is 4.74 Å². The number of hydrogen-bond donors (Lipinski definition) is 0. The van der Waals surface area contributed by atoms with Crippen LogP contribution in [0, 0.1) is 10.1 Å². The zero-order valence-corrected chi connectivity index (χ0v) is 15.0. The van der Waals surface area contributed by atoms with Crippen LogP contribution in [0.3, 0.4) is 0 Å². The Balaban J connectivity index is 1.50. The maximum absolute atomic E-state index is 11.1. The lowest BCUT2D eigenvalue weighted by Gasteiger charge is -2.29. The summed E-state index contributed by atoms with van der Waals surface area (Å²) in [5.41, 5.74) is 2.78. The Morgan fingerprint density at radius 1 is 1.19 bits per heavy atom. The van der Waals surface area contributed by atoms with Gasteiger partial charge in [0, 0.05) is 38.4 Å². The van der Waals surface area contributed by atoms with Gasteiger partial charge in [0.05, 0.1) is 13.2 Å². The average molecular weight is 368 g/mol. The topological polar surface area (TPSA) is 89.0 Å². The highest BCUT2D eigenvalue weighted by molar-refractivity contribution is 5.51. The molecule has 0 unspecified atom stereocenters. The molecule has 4 rings (SSSR count). The summed E-state index contributed by atoms with van der Waals surface area (Å²) in [5, 5.41) is 15.4. The summed E-state index contributed by atoms with van der Waals surface area (Å²) in [6.45, 7) is 3.99. The van der Waals surface area contributed by atoms with Gasteiger partial charge in [-0.2, -0.15) is 0 Å². The summed E-state index contributed by atoms with van der Waals surface area (Å²) in [6.07, 6.45) is 1.22. The van der Waals surface area contributed by atoms with E-state index in [0.29, 0.717) is 18.0 Å². The Labute approximate surface area is 155 Å². The standard InChI is InChI=1S/C18H20N6O3/c1-21(17-7-6-16-19-12-18(24(25)26)23(16)20-17)13-14-2-4-15(5-3-14)22-8-10-27-11-9-22/h2-7,12H,8-11,13H2,1H3. The highest BCUT2D eigenvalue weighted by Gasteiger charge is 2.17. The fraction of sp³-hybridized carbons (Fsp3) is 0.333. The van der Waals surface area contributed by atoms with Gasteiger partial charge < -0.3 is 24.7 Å². The minimum absolute atomic E-state index is 0.143. The van der Waals surface area contributed by atoms with Gasteiger partial charge in [0.2, 0.25) is 5.65 Å². The predicted octanol–water partition coefficient (Wildman–Crippen LogP) is 2.11. The van der Waals surface area contributed by atoms with Crippen molar-refractivity contribution in [2.24, 2.45) is 0 Å². The SMILES string of the molecule is CN(Cc1ccc(N2CCOCC2)cc1)c1ccc2ncc([N+](=O)[O-])n2n1. The molecule has 0 spiro atoms. The first-order valence-electron chi connectivity index (χ1n) is 8.74. The first-order chi connectivity index (χ1) is 13.1. The van der Waals surface area contributed by atoms with Gasteiger partial charge >= 0.3 is 5.82 Å². The molecule has 0 amide bonds. The van der Waals surface area contributed by atoms with Crippen LogP contribution in [0.5, 0.6) is 0 Å². The number of fused-ring (bicyclic) bond motifs is 1. The normalized spacial score (nSPS) is 14.5. The molecule has 1 aliphatic rings. The number of ether oxygens (including phenoxy) is 1. The van der Waals surface area contributed by atoms with Crippen molar-refractivity contribution >= 4 is 23.0 Å². The molecule has 0 aliphatic carbocycles. The number of nitro groups is 1. The van der Waals surface area contributed by atoms with Gasteiger partial charge in [-0.25, -0.2) is 4.98 Å². The van der Waals surface area contributed by atoms with Crippen LogP contribution < -0.4 is 9.80 Å². The highest BCUT2D eigenvalue weighted by atomic mass is 16.6. The van der Waals surface area contributed by atoms with E-state index >= 15 is 0 Å². The molecule has 0 atom stereocenters. The third-order valence-corrected chi connectivity index (χ3v) is 4.64. The molecular weight excluding hydrogens is 348 g/mol. The van der Waals surface area contributed by atoms with Crippen molar-refractivity contribution in [1.82, 2.24) is 14.6 Å². The van der Waals surface area contributed by atoms with Crippen LogP contribution in [0.1, 0.15) is 5.56 Å². The molecule has 0 saturated carbocycles. The van der Waals surface area contributed by atoms with Crippen LogP contribution in [-0.4, -0.2) is 52.9 Å². The van der Waals surface area contributed by atoms with Gasteiger partial charge in [0.25, 0.3) is 0 Å². The van der Waals surface area contributed by atoms with Crippen LogP contribution in [0.4, 0.5) is 17.3 Å². The lowest BCUT2D eigenvalue weighted by molar-refractivity contribution is -0.391. The number of benzene rings is 1. The molecule has 1 fully saturated rings. The molecular formula is C18H20N6O3. The van der Waals surface area contributed by atoms with Crippen molar-refractivity contribution in [3.05, 3.63) is 58.3 Å². The molecule has 9 heteroatoms. The summed E-state index contributed by atoms with van der Waals surface area (Å²) in [5.74, 6) is 0.496. The minimum atomic E-state index is -0.485. The molecule has 2 aromatic heterocycles. The van der Waals surface area contributed by atoms with Gasteiger partial charge in [-0.05, 0) is 28.7 Å². The Hall–Kier alpha value is -3.20. The lowest BCUT2D eigenvalue weighted by atomic mass is 10.2. The monoisotopic (exact) mass is 368 g/mol. The molecule has 9 nitrogen and oxygen atoms in total. The van der Waals surface area contributed by atoms with Crippen molar-refractivity contribution in [3.8, 4) is 0 Å². The fourth-order valence-corrected chi connectivity index (χ4v) is 3.17. The minimum Gasteiger partial charge on any atom is -0.378 e. The number of imidazole rings is 1. The van der Waals surface area contributed by atoms with Crippen molar-refractivity contribution in [2.75, 3.05) is 43.2 Å². The first-order valence-corrected chi connectivity index (χ1v) is 8.74. The van der Waals surface area contributed by atoms with E-state index in [1.54, 1.807) is 6.07 Å². The van der Waals surface area contributed by atoms with Gasteiger partial charge in [-0.3, -0.25) is 0 Å². The molecule has 0 N–H and O–H groups in total. The summed E-state index contributed by atoms with van der Waals surface area (Å²) in [7, 11) is 1.91. The van der Waals surface area contributed by atoms with Crippen molar-refractivity contribution < 1.29 is 9.66 Å². The van der Waals surface area contributed by atoms with E-state index in [9.17, 15) is 10.1 Å². The van der Waals surface area contributed by atoms with Gasteiger partial charge in [-0.1, -0.05) is 21.7 Å². The number of aromatic nitrogens is 3. The molecule has 1 aromatic carbocycles. The summed E-state index contributed by atoms with van der Waals surface area (Å²) in [4.78, 5) is 18.9. The molecule has 1 aliphatic heterocycles. The van der Waals surface area contributed by atoms with Crippen LogP contribution in [0.25, 0.3) is 5.65 Å². The quantitative estimate of drug-likeness (QED) is 0.503. The molecule has 0 radical (unpaired) electrons. The number of rotatable bonds is 5. The summed E-state index contributed by atoms with van der Waals surface area (Å²) < 4.78 is 6.65. The zero-order chi connectivity index (χ0) is 18.8. The second-order valence-electron chi connectivity index (χ2n) is 6.46. The maximum Gasteiger partial charge on any atom is 0.368 e. The predicted molar refractivity (Wildman–Crippen MR) is 101 cm³/mol. The number of hydrogen-bond acceptors (Lipinski definition) is 7. The van der Waals surface area contributed by atoms with Crippen molar-refractivity contribution in [3.63, 3.8) is 0 Å². The Kier molecular flexibility index (Phi) is 4.59. The summed E-state index contributed by atoms with van der Waals surface area (Å²) >= 11 is 0. The average Bonchev–Trinajstić information content (AvgIpc) is 3.13. The van der Waals surface area contributed by atoms with E-state index < -0.39 is 4.92 Å². The van der Waals surface area contributed by atoms with E-state index in [0.717, 1.165) is 31.9 Å². The molecule has 0 bridgehead atoms. The van der Waals surface area contributed by atoms with E-state index in [-0.39, 0.29) is 5.82 Å². The molecule has 3 heterocycles. The number of morpholine rings is 1. The van der Waals surface area contributed by atoms with Gasteiger partial charge in [-0.15, -0.1) is 0 Å². The second-order valence-corrected chi connectivity index (χ2v) is 6.46. The second kappa shape index (κ2) is 7.20. The van der Waals surface area contributed by atoms with Crippen LogP contribution >= 0.6 is 0 Å². The number of anilines is 2. The largest absolute Gasteiger partial charge is 0.378 e. The van der Waals surface area contributed by atoms with Crippen LogP contribution in [-0.2, 0) is 11.3 Å². The fourth-order valence-electron chi connectivity index (χ4n) is 3.17. The molecule has 27 heavy (non-hydrogen) atoms. The third kappa shape index (κ3) is 3.54. The molecule has 1 saturated heterocycles. The van der Waals surface area contributed by atoms with Crippen LogP contribution in [0.2, 0.25) is 0 Å². The first kappa shape index (κ1) is 17.2. The van der Waals surface area contributed by atoms with E-state index in [1.807, 2.05) is 18.0 Å². The highest BCUT2D eigenvalue weighted by Crippen LogP contribution is 2.20. The maximum atomic E-state index is 11.1. The van der Waals surface area contributed by atoms with Gasteiger partial charge in [0.1, 0.15) is 6.20 Å². The lowest BCUT2D eigenvalue weighted by Crippen LogP contribution is -2.36.